The molecule has 4 nitrogen and oxygen atoms in total. The molecular formula is C18H19BrN2O2S. The molecule has 0 spiro atoms. The molecule has 0 aliphatic carbocycles. The molecule has 1 unspecified atom stereocenters. The number of methoxy groups -OCH3 is 1. The predicted octanol–water partition coefficient (Wildman–Crippen LogP) is 4.87. The largest absolute Gasteiger partial charge is 0.494 e. The van der Waals surface area contributed by atoms with E-state index in [4.69, 9.17) is 4.74 Å². The van der Waals surface area contributed by atoms with E-state index in [-0.39, 0.29) is 28.8 Å². The van der Waals surface area contributed by atoms with Crippen LogP contribution in [0, 0.1) is 6.92 Å². The molecular weight excluding hydrogens is 388 g/mol. The zero-order chi connectivity index (χ0) is 16.4. The molecule has 0 saturated carbocycles. The fourth-order valence-electron chi connectivity index (χ4n) is 2.37. The van der Waals surface area contributed by atoms with E-state index in [9.17, 15) is 4.79 Å². The van der Waals surface area contributed by atoms with Gasteiger partial charge in [-0.2, -0.15) is 0 Å². The Labute approximate surface area is 155 Å². The Morgan fingerprint density at radius 3 is 2.58 bits per heavy atom. The van der Waals surface area contributed by atoms with Crippen LogP contribution in [0.2, 0.25) is 0 Å². The summed E-state index contributed by atoms with van der Waals surface area (Å²) in [4.78, 5) is 17.0. The average molecular weight is 407 g/mol. The smallest absolute Gasteiger partial charge is 0.184 e. The summed E-state index contributed by atoms with van der Waals surface area (Å²) in [6, 6.07) is 13.1. The first-order valence-electron chi connectivity index (χ1n) is 7.39. The number of ether oxygens (including phenoxy) is 1. The lowest BCUT2D eigenvalue weighted by Crippen LogP contribution is -2.26. The minimum absolute atomic E-state index is 0. The van der Waals surface area contributed by atoms with Crippen LogP contribution in [-0.2, 0) is 0 Å². The van der Waals surface area contributed by atoms with E-state index in [1.807, 2.05) is 56.3 Å². The topological polar surface area (TPSA) is 51.2 Å². The van der Waals surface area contributed by atoms with Crippen LogP contribution in [-0.4, -0.2) is 23.9 Å². The van der Waals surface area contributed by atoms with E-state index < -0.39 is 0 Å². The lowest BCUT2D eigenvalue weighted by molar-refractivity contribution is 0.0975. The molecule has 0 amide bonds. The third kappa shape index (κ3) is 3.76. The Morgan fingerprint density at radius 2 is 1.92 bits per heavy atom. The summed E-state index contributed by atoms with van der Waals surface area (Å²) in [5.74, 6) is 0.792. The first-order chi connectivity index (χ1) is 11.1. The summed E-state index contributed by atoms with van der Waals surface area (Å²) in [5.41, 5.74) is 2.66. The number of benzene rings is 2. The van der Waals surface area contributed by atoms with E-state index in [1.165, 1.54) is 11.3 Å². The van der Waals surface area contributed by atoms with Crippen LogP contribution >= 0.6 is 28.3 Å². The number of hydrogen-bond acceptors (Lipinski definition) is 5. The number of hydrogen-bond donors (Lipinski definition) is 1. The molecule has 2 aromatic carbocycles. The maximum Gasteiger partial charge on any atom is 0.184 e. The van der Waals surface area contributed by atoms with Gasteiger partial charge in [-0.25, -0.2) is 4.98 Å². The van der Waals surface area contributed by atoms with Crippen molar-refractivity contribution >= 4 is 49.4 Å². The highest BCUT2D eigenvalue weighted by Crippen LogP contribution is 2.32. The third-order valence-corrected chi connectivity index (χ3v) is 4.62. The Kier molecular flexibility index (Phi) is 5.96. The molecule has 0 radical (unpaired) electrons. The molecule has 0 bridgehead atoms. The van der Waals surface area contributed by atoms with Crippen LogP contribution in [0.5, 0.6) is 5.75 Å². The molecule has 126 valence electrons. The van der Waals surface area contributed by atoms with Crippen molar-refractivity contribution in [3.63, 3.8) is 0 Å². The number of ketones is 1. The number of thiazole rings is 1. The van der Waals surface area contributed by atoms with Gasteiger partial charge in [0.15, 0.2) is 10.9 Å². The van der Waals surface area contributed by atoms with Gasteiger partial charge in [-0.1, -0.05) is 47.2 Å². The van der Waals surface area contributed by atoms with Gasteiger partial charge in [0.2, 0.25) is 0 Å². The van der Waals surface area contributed by atoms with E-state index in [2.05, 4.69) is 10.3 Å². The number of aromatic nitrogens is 1. The second-order valence-electron chi connectivity index (χ2n) is 5.42. The highest BCUT2D eigenvalue weighted by molar-refractivity contribution is 8.93. The lowest BCUT2D eigenvalue weighted by Gasteiger charge is -2.11. The molecule has 0 aliphatic heterocycles. The van der Waals surface area contributed by atoms with Crippen LogP contribution < -0.4 is 10.1 Å². The zero-order valence-electron chi connectivity index (χ0n) is 13.7. The maximum atomic E-state index is 12.5. The van der Waals surface area contributed by atoms with Gasteiger partial charge < -0.3 is 10.1 Å². The summed E-state index contributed by atoms with van der Waals surface area (Å²) in [5, 5.41) is 3.92. The second kappa shape index (κ2) is 7.77. The molecule has 1 heterocycles. The third-order valence-electron chi connectivity index (χ3n) is 3.67. The number of para-hydroxylation sites is 1. The van der Waals surface area contributed by atoms with Crippen LogP contribution in [0.4, 0.5) is 5.13 Å². The molecule has 3 aromatic rings. The second-order valence-corrected chi connectivity index (χ2v) is 6.45. The number of anilines is 1. The van der Waals surface area contributed by atoms with Crippen molar-refractivity contribution in [1.29, 1.82) is 0 Å². The van der Waals surface area contributed by atoms with Gasteiger partial charge in [0.25, 0.3) is 0 Å². The highest BCUT2D eigenvalue weighted by atomic mass is 79.9. The van der Waals surface area contributed by atoms with Crippen molar-refractivity contribution < 1.29 is 9.53 Å². The van der Waals surface area contributed by atoms with Crippen molar-refractivity contribution in [3.05, 3.63) is 53.6 Å². The minimum Gasteiger partial charge on any atom is -0.494 e. The molecule has 0 aliphatic rings. The SMILES string of the molecule is Br.COc1cccc2sc(NC(C)C(=O)c3ccc(C)cc3)nc12. The lowest BCUT2D eigenvalue weighted by atomic mass is 10.0. The number of nitrogens with zero attached hydrogens (tertiary/aromatic N) is 1. The van der Waals surface area contributed by atoms with Crippen LogP contribution in [0.25, 0.3) is 10.2 Å². The fraction of sp³-hybridized carbons (Fsp3) is 0.222. The Hall–Kier alpha value is -1.92. The fourth-order valence-corrected chi connectivity index (χ4v) is 3.34. The minimum atomic E-state index is -0.343. The Balaban J connectivity index is 0.00000208. The van der Waals surface area contributed by atoms with Gasteiger partial charge in [-0.15, -0.1) is 17.0 Å². The predicted molar refractivity (Wildman–Crippen MR) is 105 cm³/mol. The number of nitrogens with one attached hydrogen (secondary N) is 1. The van der Waals surface area contributed by atoms with Gasteiger partial charge in [0, 0.05) is 5.56 Å². The van der Waals surface area contributed by atoms with Crippen molar-refractivity contribution in [1.82, 2.24) is 4.98 Å². The first kappa shape index (κ1) is 18.4. The summed E-state index contributed by atoms with van der Waals surface area (Å²) >= 11 is 1.52. The monoisotopic (exact) mass is 406 g/mol. The zero-order valence-corrected chi connectivity index (χ0v) is 16.2. The molecule has 1 atom stereocenters. The van der Waals surface area contributed by atoms with E-state index >= 15 is 0 Å². The first-order valence-corrected chi connectivity index (χ1v) is 8.21. The standard InChI is InChI=1S/C18H18N2O2S.BrH/c1-11-7-9-13(10-8-11)17(21)12(2)19-18-20-16-14(22-3)5-4-6-15(16)23-18;/h4-10,12H,1-3H3,(H,19,20);1H. The van der Waals surface area contributed by atoms with E-state index in [1.54, 1.807) is 7.11 Å². The normalized spacial score (nSPS) is 11.6. The van der Waals surface area contributed by atoms with Gasteiger partial charge in [0.1, 0.15) is 11.3 Å². The molecule has 1 N–H and O–H groups in total. The average Bonchev–Trinajstić information content (AvgIpc) is 2.97. The summed E-state index contributed by atoms with van der Waals surface area (Å²) in [7, 11) is 1.63. The van der Waals surface area contributed by atoms with E-state index in [0.29, 0.717) is 5.56 Å². The van der Waals surface area contributed by atoms with Gasteiger partial charge in [0.05, 0.1) is 17.9 Å². The molecule has 3 rings (SSSR count). The molecule has 6 heteroatoms. The number of fused-ring (bicyclic) bond motifs is 1. The van der Waals surface area contributed by atoms with Crippen LogP contribution in [0.1, 0.15) is 22.8 Å². The highest BCUT2D eigenvalue weighted by Gasteiger charge is 2.17. The quantitative estimate of drug-likeness (QED) is 0.613. The number of carbonyl (C=O) groups is 1. The number of carbonyl (C=O) groups excluding carboxylic acids is 1. The van der Waals surface area contributed by atoms with Gasteiger partial charge >= 0.3 is 0 Å². The van der Waals surface area contributed by atoms with E-state index in [0.717, 1.165) is 26.7 Å². The molecule has 1 aromatic heterocycles. The van der Waals surface area contributed by atoms with Crippen molar-refractivity contribution in [3.8, 4) is 5.75 Å². The summed E-state index contributed by atoms with van der Waals surface area (Å²) in [6.45, 7) is 3.86. The Bertz CT molecular complexity index is 846. The summed E-state index contributed by atoms with van der Waals surface area (Å²) < 4.78 is 6.35. The number of rotatable bonds is 5. The van der Waals surface area contributed by atoms with Gasteiger partial charge in [-0.3, -0.25) is 4.79 Å². The molecule has 24 heavy (non-hydrogen) atoms. The number of Topliss-reactive ketones (excluding diaryl/α,β-unsaturated/α-hetero) is 1. The number of halogens is 1. The van der Waals surface area contributed by atoms with Crippen molar-refractivity contribution in [2.24, 2.45) is 0 Å². The number of aryl methyl sites for hydroxylation is 1. The maximum absolute atomic E-state index is 12.5. The molecule has 0 fully saturated rings. The van der Waals surface area contributed by atoms with Crippen molar-refractivity contribution in [2.45, 2.75) is 19.9 Å². The van der Waals surface area contributed by atoms with Crippen molar-refractivity contribution in [2.75, 3.05) is 12.4 Å². The molecule has 0 saturated heterocycles. The summed E-state index contributed by atoms with van der Waals surface area (Å²) in [6.07, 6.45) is 0. The Morgan fingerprint density at radius 1 is 1.21 bits per heavy atom. The van der Waals surface area contributed by atoms with Gasteiger partial charge in [-0.05, 0) is 26.0 Å². The van der Waals surface area contributed by atoms with Crippen LogP contribution in [0.3, 0.4) is 0 Å². The van der Waals surface area contributed by atoms with Crippen LogP contribution in [0.15, 0.2) is 42.5 Å².